The minimum absolute atomic E-state index is 0. The van der Waals surface area contributed by atoms with Crippen LogP contribution in [0.5, 0.6) is 0 Å². The smallest absolute Gasteiger partial charge is 0.239 e. The summed E-state index contributed by atoms with van der Waals surface area (Å²) in [6.45, 7) is 3.51. The fourth-order valence-corrected chi connectivity index (χ4v) is 4.04. The van der Waals surface area contributed by atoms with Gasteiger partial charge in [0.1, 0.15) is 0 Å². The highest BCUT2D eigenvalue weighted by Gasteiger charge is 2.41. The summed E-state index contributed by atoms with van der Waals surface area (Å²) in [6, 6.07) is 8.41. The van der Waals surface area contributed by atoms with Gasteiger partial charge in [-0.15, -0.1) is 12.4 Å². The van der Waals surface area contributed by atoms with Crippen molar-refractivity contribution in [2.75, 3.05) is 13.1 Å². The average Bonchev–Trinajstić information content (AvgIpc) is 2.47. The molecule has 0 bridgehead atoms. The van der Waals surface area contributed by atoms with Gasteiger partial charge in [-0.2, -0.15) is 0 Å². The summed E-state index contributed by atoms with van der Waals surface area (Å²) in [5.41, 5.74) is 8.93. The van der Waals surface area contributed by atoms with Crippen molar-refractivity contribution in [1.82, 2.24) is 4.90 Å². The third kappa shape index (κ3) is 2.95. The van der Waals surface area contributed by atoms with Crippen molar-refractivity contribution >= 4 is 18.3 Å². The number of halogens is 1. The predicted octanol–water partition coefficient (Wildman–Crippen LogP) is 2.65. The van der Waals surface area contributed by atoms with Gasteiger partial charge in [0.2, 0.25) is 5.91 Å². The zero-order chi connectivity index (χ0) is 14.2. The lowest BCUT2D eigenvalue weighted by Gasteiger charge is -2.46. The molecule has 116 valence electrons. The first kappa shape index (κ1) is 16.3. The van der Waals surface area contributed by atoms with Crippen molar-refractivity contribution in [2.45, 2.75) is 50.5 Å². The number of fused-ring (bicyclic) bond motifs is 2. The second-order valence-corrected chi connectivity index (χ2v) is 6.44. The molecule has 2 atom stereocenters. The lowest BCUT2D eigenvalue weighted by molar-refractivity contribution is -0.134. The molecule has 3 nitrogen and oxygen atoms in total. The Bertz CT molecular complexity index is 517. The van der Waals surface area contributed by atoms with E-state index in [2.05, 4.69) is 24.3 Å². The number of likely N-dealkylation sites (tertiary alicyclic amines) is 1. The molecule has 1 saturated heterocycles. The van der Waals surface area contributed by atoms with E-state index < -0.39 is 0 Å². The maximum Gasteiger partial charge on any atom is 0.239 e. The maximum absolute atomic E-state index is 12.2. The Morgan fingerprint density at radius 3 is 2.76 bits per heavy atom. The van der Waals surface area contributed by atoms with Crippen molar-refractivity contribution in [3.8, 4) is 0 Å². The Kier molecular flexibility index (Phi) is 4.95. The Labute approximate surface area is 133 Å². The first-order valence-electron chi connectivity index (χ1n) is 7.75. The average molecular weight is 309 g/mol. The van der Waals surface area contributed by atoms with Gasteiger partial charge in [0.05, 0.1) is 6.04 Å². The van der Waals surface area contributed by atoms with Gasteiger partial charge in [0.25, 0.3) is 0 Å². The van der Waals surface area contributed by atoms with Crippen LogP contribution in [-0.2, 0) is 16.6 Å². The van der Waals surface area contributed by atoms with E-state index in [0.717, 1.165) is 19.5 Å². The minimum Gasteiger partial charge on any atom is -0.340 e. The van der Waals surface area contributed by atoms with Gasteiger partial charge in [-0.1, -0.05) is 24.3 Å². The second kappa shape index (κ2) is 6.37. The number of carbonyl (C=O) groups excluding carboxylic acids is 1. The van der Waals surface area contributed by atoms with Crippen molar-refractivity contribution in [3.63, 3.8) is 0 Å². The number of amides is 1. The zero-order valence-corrected chi connectivity index (χ0v) is 13.5. The number of benzene rings is 1. The molecule has 1 fully saturated rings. The molecule has 2 aliphatic rings. The van der Waals surface area contributed by atoms with E-state index in [9.17, 15) is 4.79 Å². The van der Waals surface area contributed by atoms with Crippen molar-refractivity contribution < 1.29 is 4.79 Å². The Morgan fingerprint density at radius 2 is 2.00 bits per heavy atom. The van der Waals surface area contributed by atoms with Gasteiger partial charge < -0.3 is 10.6 Å². The number of hydrogen-bond acceptors (Lipinski definition) is 2. The van der Waals surface area contributed by atoms with E-state index in [0.29, 0.717) is 0 Å². The van der Waals surface area contributed by atoms with Crippen LogP contribution in [0.1, 0.15) is 43.7 Å². The second-order valence-electron chi connectivity index (χ2n) is 6.44. The van der Waals surface area contributed by atoms with Crippen LogP contribution in [0, 0.1) is 0 Å². The normalized spacial score (nSPS) is 25.9. The van der Waals surface area contributed by atoms with Gasteiger partial charge in [-0.3, -0.25) is 4.79 Å². The lowest BCUT2D eigenvalue weighted by Crippen LogP contribution is -2.53. The Morgan fingerprint density at radius 1 is 1.29 bits per heavy atom. The molecule has 21 heavy (non-hydrogen) atoms. The standard InChI is InChI=1S/C17H24N2O.ClH/c1-13(18)16(20)19-11-5-10-17(12-19)9-4-7-14-6-2-3-8-15(14)17;/h2-3,6,8,13H,4-5,7,9-12,18H2,1H3;1H/t13-,17?;/m1./s1. The summed E-state index contributed by atoms with van der Waals surface area (Å²) in [5.74, 6) is 0.104. The molecule has 1 spiro atoms. The predicted molar refractivity (Wildman–Crippen MR) is 87.8 cm³/mol. The molecule has 1 aliphatic carbocycles. The van der Waals surface area contributed by atoms with E-state index in [-0.39, 0.29) is 29.8 Å². The van der Waals surface area contributed by atoms with E-state index in [4.69, 9.17) is 5.73 Å². The molecule has 1 aliphatic heterocycles. The summed E-state index contributed by atoms with van der Waals surface area (Å²) in [4.78, 5) is 14.2. The molecule has 1 aromatic carbocycles. The molecule has 1 heterocycles. The van der Waals surface area contributed by atoms with Gasteiger partial charge in [0, 0.05) is 18.5 Å². The van der Waals surface area contributed by atoms with Gasteiger partial charge in [0.15, 0.2) is 0 Å². The highest BCUT2D eigenvalue weighted by Crippen LogP contribution is 2.43. The third-order valence-electron chi connectivity index (χ3n) is 4.97. The number of nitrogens with zero attached hydrogens (tertiary/aromatic N) is 1. The van der Waals surface area contributed by atoms with Crippen molar-refractivity contribution in [1.29, 1.82) is 0 Å². The molecule has 3 rings (SSSR count). The van der Waals surface area contributed by atoms with Crippen molar-refractivity contribution in [3.05, 3.63) is 35.4 Å². The van der Waals surface area contributed by atoms with Crippen LogP contribution in [0.2, 0.25) is 0 Å². The third-order valence-corrected chi connectivity index (χ3v) is 4.97. The lowest BCUT2D eigenvalue weighted by atomic mass is 9.66. The number of hydrogen-bond donors (Lipinski definition) is 1. The molecule has 2 N–H and O–H groups in total. The summed E-state index contributed by atoms with van der Waals surface area (Å²) >= 11 is 0. The van der Waals surface area contributed by atoms with E-state index in [1.807, 2.05) is 4.90 Å². The van der Waals surface area contributed by atoms with Crippen LogP contribution in [0.25, 0.3) is 0 Å². The maximum atomic E-state index is 12.2. The number of carbonyl (C=O) groups is 1. The molecule has 0 radical (unpaired) electrons. The van der Waals surface area contributed by atoms with Gasteiger partial charge in [-0.05, 0) is 50.2 Å². The molecular weight excluding hydrogens is 284 g/mol. The van der Waals surface area contributed by atoms with Crippen LogP contribution < -0.4 is 5.73 Å². The minimum atomic E-state index is -0.385. The van der Waals surface area contributed by atoms with Crippen LogP contribution in [-0.4, -0.2) is 29.9 Å². The highest BCUT2D eigenvalue weighted by molar-refractivity contribution is 5.85. The summed E-state index contributed by atoms with van der Waals surface area (Å²) in [6.07, 6.45) is 5.91. The van der Waals surface area contributed by atoms with E-state index >= 15 is 0 Å². The first-order chi connectivity index (χ1) is 9.62. The summed E-state index contributed by atoms with van der Waals surface area (Å²) in [5, 5.41) is 0. The van der Waals surface area contributed by atoms with Crippen LogP contribution in [0.3, 0.4) is 0 Å². The number of piperidine rings is 1. The van der Waals surface area contributed by atoms with Crippen LogP contribution in [0.15, 0.2) is 24.3 Å². The Balaban J connectivity index is 0.00000161. The first-order valence-corrected chi connectivity index (χ1v) is 7.75. The van der Waals surface area contributed by atoms with Crippen LogP contribution in [0.4, 0.5) is 0 Å². The number of aryl methyl sites for hydroxylation is 1. The van der Waals surface area contributed by atoms with E-state index in [1.54, 1.807) is 6.92 Å². The van der Waals surface area contributed by atoms with E-state index in [1.165, 1.54) is 36.8 Å². The molecule has 1 aromatic rings. The highest BCUT2D eigenvalue weighted by atomic mass is 35.5. The quantitative estimate of drug-likeness (QED) is 0.867. The molecule has 0 aromatic heterocycles. The molecule has 1 amide bonds. The summed E-state index contributed by atoms with van der Waals surface area (Å²) < 4.78 is 0. The number of nitrogens with two attached hydrogens (primary N) is 1. The Hall–Kier alpha value is -1.06. The molecule has 1 unspecified atom stereocenters. The van der Waals surface area contributed by atoms with Crippen molar-refractivity contribution in [2.24, 2.45) is 5.73 Å². The number of rotatable bonds is 1. The largest absolute Gasteiger partial charge is 0.340 e. The summed E-state index contributed by atoms with van der Waals surface area (Å²) in [7, 11) is 0. The molecule has 0 saturated carbocycles. The molecular formula is C17H25ClN2O. The van der Waals surface area contributed by atoms with Crippen LogP contribution >= 0.6 is 12.4 Å². The SMILES string of the molecule is C[C@@H](N)C(=O)N1CCCC2(CCCc3ccccc32)C1.Cl. The monoisotopic (exact) mass is 308 g/mol. The fraction of sp³-hybridized carbons (Fsp3) is 0.588. The molecule has 4 heteroatoms. The topological polar surface area (TPSA) is 46.3 Å². The fourth-order valence-electron chi connectivity index (χ4n) is 4.04. The van der Waals surface area contributed by atoms with Gasteiger partial charge in [-0.25, -0.2) is 0 Å². The zero-order valence-electron chi connectivity index (χ0n) is 12.7. The van der Waals surface area contributed by atoms with Gasteiger partial charge >= 0.3 is 0 Å².